The van der Waals surface area contributed by atoms with Gasteiger partial charge in [0.25, 0.3) is 0 Å². The summed E-state index contributed by atoms with van der Waals surface area (Å²) in [4.78, 5) is 2.05. The molecule has 1 aliphatic rings. The van der Waals surface area contributed by atoms with Gasteiger partial charge in [0.1, 0.15) is 0 Å². The molecule has 0 amide bonds. The molecule has 0 radical (unpaired) electrons. The van der Waals surface area contributed by atoms with Crippen molar-refractivity contribution < 1.29 is 14.9 Å². The highest BCUT2D eigenvalue weighted by Crippen LogP contribution is 2.42. The first-order valence-corrected chi connectivity index (χ1v) is 6.31. The largest absolute Gasteiger partial charge is 0.392 e. The Hall–Kier alpha value is -0.160. The first kappa shape index (κ1) is 14.9. The molecular weight excluding hydrogens is 218 g/mol. The van der Waals surface area contributed by atoms with E-state index in [2.05, 4.69) is 0 Å². The Labute approximate surface area is 105 Å². The van der Waals surface area contributed by atoms with Gasteiger partial charge in [-0.1, -0.05) is 0 Å². The Balaban J connectivity index is 2.69. The summed E-state index contributed by atoms with van der Waals surface area (Å²) in [6.07, 6.45) is -0.829. The first-order valence-electron chi connectivity index (χ1n) is 6.31. The van der Waals surface area contributed by atoms with Crippen LogP contribution in [0.25, 0.3) is 0 Å². The molecule has 1 saturated heterocycles. The molecule has 0 saturated carbocycles. The van der Waals surface area contributed by atoms with Crippen LogP contribution >= 0.6 is 0 Å². The molecule has 1 fully saturated rings. The van der Waals surface area contributed by atoms with E-state index in [1.54, 1.807) is 6.92 Å². The summed E-state index contributed by atoms with van der Waals surface area (Å²) in [5, 5.41) is 19.7. The summed E-state index contributed by atoms with van der Waals surface area (Å²) >= 11 is 0. The van der Waals surface area contributed by atoms with Gasteiger partial charge in [0.05, 0.1) is 23.4 Å². The van der Waals surface area contributed by atoms with Gasteiger partial charge in [0, 0.05) is 19.0 Å². The number of likely N-dealkylation sites (N-methyl/N-ethyl adjacent to an activating group) is 1. The van der Waals surface area contributed by atoms with E-state index in [4.69, 9.17) is 4.74 Å². The van der Waals surface area contributed by atoms with Gasteiger partial charge in [0.15, 0.2) is 0 Å². The highest BCUT2D eigenvalue weighted by molar-refractivity contribution is 5.02. The van der Waals surface area contributed by atoms with Crippen LogP contribution in [0.5, 0.6) is 0 Å². The van der Waals surface area contributed by atoms with Crippen molar-refractivity contribution in [2.24, 2.45) is 5.92 Å². The van der Waals surface area contributed by atoms with Crippen molar-refractivity contribution in [1.29, 1.82) is 0 Å². The van der Waals surface area contributed by atoms with Crippen molar-refractivity contribution in [3.05, 3.63) is 0 Å². The third kappa shape index (κ3) is 3.41. The average Bonchev–Trinajstić information content (AvgIpc) is 2.22. The molecule has 0 aromatic carbocycles. The third-order valence-corrected chi connectivity index (χ3v) is 3.60. The predicted octanol–water partition coefficient (Wildman–Crippen LogP) is 0.863. The van der Waals surface area contributed by atoms with Crippen LogP contribution in [-0.4, -0.2) is 58.7 Å². The SMILES string of the molecule is CC(O)CN(C)CC1C(O)C(C)(C)OC1(C)C. The van der Waals surface area contributed by atoms with Crippen molar-refractivity contribution >= 4 is 0 Å². The minimum absolute atomic E-state index is 0.0567. The van der Waals surface area contributed by atoms with Crippen molar-refractivity contribution in [3.63, 3.8) is 0 Å². The van der Waals surface area contributed by atoms with E-state index in [-0.39, 0.29) is 17.6 Å². The molecule has 0 bridgehead atoms. The second-order valence-electron chi connectivity index (χ2n) is 6.43. The molecule has 3 atom stereocenters. The fourth-order valence-electron chi connectivity index (χ4n) is 2.86. The topological polar surface area (TPSA) is 52.9 Å². The highest BCUT2D eigenvalue weighted by Gasteiger charge is 2.53. The van der Waals surface area contributed by atoms with Crippen molar-refractivity contribution in [2.45, 2.75) is 58.0 Å². The number of nitrogens with zero attached hydrogens (tertiary/aromatic N) is 1. The number of aliphatic hydroxyl groups excluding tert-OH is 2. The molecule has 17 heavy (non-hydrogen) atoms. The second-order valence-corrected chi connectivity index (χ2v) is 6.43. The fraction of sp³-hybridized carbons (Fsp3) is 1.00. The molecule has 2 N–H and O–H groups in total. The molecule has 1 heterocycles. The first-order chi connectivity index (χ1) is 7.56. The molecular formula is C13H27NO3. The summed E-state index contributed by atoms with van der Waals surface area (Å²) in [7, 11) is 1.96. The van der Waals surface area contributed by atoms with Crippen LogP contribution in [0.3, 0.4) is 0 Å². The van der Waals surface area contributed by atoms with Crippen molar-refractivity contribution in [3.8, 4) is 0 Å². The zero-order chi connectivity index (χ0) is 13.4. The highest BCUT2D eigenvalue weighted by atomic mass is 16.5. The van der Waals surface area contributed by atoms with Crippen LogP contribution in [0.15, 0.2) is 0 Å². The van der Waals surface area contributed by atoms with Gasteiger partial charge in [0.2, 0.25) is 0 Å². The number of ether oxygens (including phenoxy) is 1. The molecule has 0 aromatic heterocycles. The maximum Gasteiger partial charge on any atom is 0.0896 e. The van der Waals surface area contributed by atoms with Crippen molar-refractivity contribution in [2.75, 3.05) is 20.1 Å². The number of aliphatic hydroxyl groups is 2. The van der Waals surface area contributed by atoms with Gasteiger partial charge in [-0.2, -0.15) is 0 Å². The lowest BCUT2D eigenvalue weighted by atomic mass is 9.84. The molecule has 4 nitrogen and oxygen atoms in total. The average molecular weight is 245 g/mol. The van der Waals surface area contributed by atoms with Gasteiger partial charge in [-0.05, 0) is 41.7 Å². The normalized spacial score (nSPS) is 33.0. The standard InChI is InChI=1S/C13H27NO3/c1-9(15)7-14(6)8-10-11(16)13(4,5)17-12(10,2)3/h9-11,15-16H,7-8H2,1-6H3. The molecule has 0 spiro atoms. The molecule has 1 rings (SSSR count). The summed E-state index contributed by atoms with van der Waals surface area (Å²) < 4.78 is 5.93. The Morgan fingerprint density at radius 3 is 2.12 bits per heavy atom. The summed E-state index contributed by atoms with van der Waals surface area (Å²) in [5.41, 5.74) is -0.838. The van der Waals surface area contributed by atoms with Crippen LogP contribution in [0, 0.1) is 5.92 Å². The Bertz CT molecular complexity index is 263. The van der Waals surface area contributed by atoms with E-state index in [9.17, 15) is 10.2 Å². The fourth-order valence-corrected chi connectivity index (χ4v) is 2.86. The smallest absolute Gasteiger partial charge is 0.0896 e. The lowest BCUT2D eigenvalue weighted by Gasteiger charge is -2.31. The van der Waals surface area contributed by atoms with Crippen LogP contribution in [0.1, 0.15) is 34.6 Å². The van der Waals surface area contributed by atoms with Crippen LogP contribution in [0.2, 0.25) is 0 Å². The van der Waals surface area contributed by atoms with E-state index in [0.29, 0.717) is 6.54 Å². The zero-order valence-electron chi connectivity index (χ0n) is 11.9. The van der Waals surface area contributed by atoms with Gasteiger partial charge in [-0.3, -0.25) is 0 Å². The molecule has 102 valence electrons. The lowest BCUT2D eigenvalue weighted by molar-refractivity contribution is -0.0913. The van der Waals surface area contributed by atoms with Gasteiger partial charge >= 0.3 is 0 Å². The van der Waals surface area contributed by atoms with E-state index < -0.39 is 11.7 Å². The number of hydrogen-bond acceptors (Lipinski definition) is 4. The van der Waals surface area contributed by atoms with Gasteiger partial charge in [-0.25, -0.2) is 0 Å². The Kier molecular flexibility index (Phi) is 4.24. The summed E-state index contributed by atoms with van der Waals surface area (Å²) in [6, 6.07) is 0. The minimum Gasteiger partial charge on any atom is -0.392 e. The third-order valence-electron chi connectivity index (χ3n) is 3.60. The monoisotopic (exact) mass is 245 g/mol. The number of rotatable bonds is 4. The maximum absolute atomic E-state index is 10.3. The lowest BCUT2D eigenvalue weighted by Crippen LogP contribution is -2.43. The van der Waals surface area contributed by atoms with Gasteiger partial charge < -0.3 is 19.8 Å². The summed E-state index contributed by atoms with van der Waals surface area (Å²) in [6.45, 7) is 11.0. The van der Waals surface area contributed by atoms with E-state index in [1.165, 1.54) is 0 Å². The summed E-state index contributed by atoms with van der Waals surface area (Å²) in [5.74, 6) is 0.0567. The van der Waals surface area contributed by atoms with Crippen molar-refractivity contribution in [1.82, 2.24) is 4.90 Å². The van der Waals surface area contributed by atoms with E-state index >= 15 is 0 Å². The van der Waals surface area contributed by atoms with Crippen LogP contribution < -0.4 is 0 Å². The van der Waals surface area contributed by atoms with E-state index in [1.807, 2.05) is 39.6 Å². The van der Waals surface area contributed by atoms with Crippen LogP contribution in [0.4, 0.5) is 0 Å². The zero-order valence-corrected chi connectivity index (χ0v) is 11.9. The molecule has 3 unspecified atom stereocenters. The Morgan fingerprint density at radius 2 is 1.76 bits per heavy atom. The molecule has 0 aromatic rings. The molecule has 4 heteroatoms. The Morgan fingerprint density at radius 1 is 1.24 bits per heavy atom. The van der Waals surface area contributed by atoms with Gasteiger partial charge in [-0.15, -0.1) is 0 Å². The van der Waals surface area contributed by atoms with Crippen LogP contribution in [-0.2, 0) is 4.74 Å². The predicted molar refractivity (Wildman–Crippen MR) is 67.9 cm³/mol. The second kappa shape index (κ2) is 4.84. The quantitative estimate of drug-likeness (QED) is 0.771. The molecule has 1 aliphatic heterocycles. The minimum atomic E-state index is -0.500. The molecule has 0 aliphatic carbocycles. The van der Waals surface area contributed by atoms with E-state index in [0.717, 1.165) is 6.54 Å². The maximum atomic E-state index is 10.3. The number of hydrogen-bond donors (Lipinski definition) is 2.